The summed E-state index contributed by atoms with van der Waals surface area (Å²) in [7, 11) is 1.31. The molecule has 10 nitrogen and oxygen atoms in total. The molecule has 2 aromatic rings. The van der Waals surface area contributed by atoms with Crippen LogP contribution in [0.2, 0.25) is 0 Å². The monoisotopic (exact) mass is 490 g/mol. The van der Waals surface area contributed by atoms with Crippen LogP contribution in [0.25, 0.3) is 0 Å². The summed E-state index contributed by atoms with van der Waals surface area (Å²) in [5.74, 6) is -2.71. The van der Waals surface area contributed by atoms with Gasteiger partial charge in [-0.25, -0.2) is 4.90 Å². The topological polar surface area (TPSA) is 122 Å². The molecular weight excluding hydrogens is 464 g/mol. The number of carbonyl (C=O) groups excluding carboxylic acids is 3. The molecule has 3 amide bonds. The van der Waals surface area contributed by atoms with E-state index in [9.17, 15) is 24.5 Å². The van der Waals surface area contributed by atoms with E-state index in [1.165, 1.54) is 19.2 Å². The van der Waals surface area contributed by atoms with Gasteiger partial charge < -0.3 is 10.1 Å². The number of hydrogen-bond donors (Lipinski definition) is 1. The minimum absolute atomic E-state index is 0.0364. The van der Waals surface area contributed by atoms with Crippen molar-refractivity contribution in [2.45, 2.75) is 45.2 Å². The molecule has 6 rings (SSSR count). The van der Waals surface area contributed by atoms with Crippen molar-refractivity contribution in [3.05, 3.63) is 56.6 Å². The Morgan fingerprint density at radius 2 is 1.83 bits per heavy atom. The molecule has 4 aliphatic heterocycles. The third-order valence-corrected chi connectivity index (χ3v) is 8.38. The van der Waals surface area contributed by atoms with Gasteiger partial charge in [-0.1, -0.05) is 17.7 Å². The van der Waals surface area contributed by atoms with Crippen LogP contribution in [0.15, 0.2) is 24.3 Å². The third kappa shape index (κ3) is 2.57. The van der Waals surface area contributed by atoms with E-state index in [4.69, 9.17) is 4.74 Å². The molecule has 0 radical (unpaired) electrons. The number of nitro benzene ring substituents is 1. The average Bonchev–Trinajstić information content (AvgIpc) is 3.53. The second-order valence-electron chi connectivity index (χ2n) is 10.2. The predicted octanol–water partition coefficient (Wildman–Crippen LogP) is 2.96. The maximum absolute atomic E-state index is 14.2. The number of hydrogen-bond acceptors (Lipinski definition) is 7. The number of aryl methyl sites for hydroxylation is 3. The van der Waals surface area contributed by atoms with Crippen LogP contribution in [-0.4, -0.2) is 47.2 Å². The van der Waals surface area contributed by atoms with Crippen LogP contribution in [0.3, 0.4) is 0 Å². The number of amides is 3. The Balaban J connectivity index is 1.55. The lowest BCUT2D eigenvalue weighted by Gasteiger charge is -2.37. The Bertz CT molecular complexity index is 1400. The number of nitrogens with one attached hydrogen (secondary N) is 1. The quantitative estimate of drug-likeness (QED) is 0.399. The van der Waals surface area contributed by atoms with Gasteiger partial charge in [-0.2, -0.15) is 0 Å². The fraction of sp³-hybridized carbons (Fsp3) is 0.423. The lowest BCUT2D eigenvalue weighted by Crippen LogP contribution is -2.54. The van der Waals surface area contributed by atoms with Crippen molar-refractivity contribution in [2.75, 3.05) is 23.9 Å². The zero-order valence-corrected chi connectivity index (χ0v) is 20.5. The van der Waals surface area contributed by atoms with Crippen LogP contribution in [-0.2, 0) is 19.9 Å². The number of ether oxygens (including phenoxy) is 1. The minimum atomic E-state index is -1.27. The molecule has 0 aromatic heterocycles. The highest BCUT2D eigenvalue weighted by atomic mass is 16.6. The molecule has 4 heterocycles. The molecule has 3 saturated heterocycles. The summed E-state index contributed by atoms with van der Waals surface area (Å²) < 4.78 is 5.22. The molecule has 1 N–H and O–H groups in total. The third-order valence-electron chi connectivity index (χ3n) is 8.38. The normalized spacial score (nSPS) is 28.5. The van der Waals surface area contributed by atoms with Crippen LogP contribution in [0.1, 0.15) is 35.1 Å². The first-order chi connectivity index (χ1) is 17.1. The van der Waals surface area contributed by atoms with Crippen LogP contribution < -0.4 is 15.0 Å². The van der Waals surface area contributed by atoms with Crippen molar-refractivity contribution < 1.29 is 24.0 Å². The molecule has 0 bridgehead atoms. The van der Waals surface area contributed by atoms with Gasteiger partial charge in [-0.05, 0) is 51.3 Å². The highest BCUT2D eigenvalue weighted by Crippen LogP contribution is 2.61. The second kappa shape index (κ2) is 7.36. The van der Waals surface area contributed by atoms with Crippen LogP contribution in [0.5, 0.6) is 5.75 Å². The van der Waals surface area contributed by atoms with Crippen molar-refractivity contribution in [2.24, 2.45) is 11.8 Å². The largest absolute Gasteiger partial charge is 0.490 e. The zero-order chi connectivity index (χ0) is 25.7. The highest BCUT2D eigenvalue weighted by Gasteiger charge is 2.74. The molecule has 0 aliphatic carbocycles. The van der Waals surface area contributed by atoms with Crippen molar-refractivity contribution in [3.63, 3.8) is 0 Å². The van der Waals surface area contributed by atoms with E-state index in [0.717, 1.165) is 28.0 Å². The first kappa shape index (κ1) is 22.7. The van der Waals surface area contributed by atoms with E-state index >= 15 is 0 Å². The molecule has 1 spiro atoms. The number of rotatable bonds is 3. The molecule has 3 fully saturated rings. The van der Waals surface area contributed by atoms with Crippen LogP contribution >= 0.6 is 0 Å². The number of carbonyl (C=O) groups is 3. The van der Waals surface area contributed by atoms with E-state index in [2.05, 4.69) is 10.2 Å². The number of benzene rings is 2. The molecule has 4 aliphatic rings. The summed E-state index contributed by atoms with van der Waals surface area (Å²) in [5, 5.41) is 14.5. The molecule has 0 unspecified atom stereocenters. The summed E-state index contributed by atoms with van der Waals surface area (Å²) in [6, 6.07) is 6.39. The van der Waals surface area contributed by atoms with Gasteiger partial charge in [-0.15, -0.1) is 0 Å². The fourth-order valence-electron chi connectivity index (χ4n) is 7.11. The molecule has 2 aromatic carbocycles. The van der Waals surface area contributed by atoms with Gasteiger partial charge in [0, 0.05) is 29.4 Å². The molecule has 186 valence electrons. The van der Waals surface area contributed by atoms with Gasteiger partial charge in [0.05, 0.1) is 29.6 Å². The SMILES string of the molecule is COc1cc(N2C(=O)[C@@H]3[C@H]4CCCN4[C@]4(C(=O)Nc5c(C)cc(C)cc54)[C@H]3C2=O)c(C)cc1[N+](=O)[O-]. The Hall–Kier alpha value is -3.79. The van der Waals surface area contributed by atoms with Gasteiger partial charge in [0.15, 0.2) is 5.75 Å². The Labute approximate surface area is 207 Å². The highest BCUT2D eigenvalue weighted by molar-refractivity contribution is 6.26. The van der Waals surface area contributed by atoms with Crippen molar-refractivity contribution in [1.82, 2.24) is 4.90 Å². The predicted molar refractivity (Wildman–Crippen MR) is 130 cm³/mol. The second-order valence-corrected chi connectivity index (χ2v) is 10.2. The summed E-state index contributed by atoms with van der Waals surface area (Å²) in [6.07, 6.45) is 1.54. The number of methoxy groups -OCH3 is 1. The maximum atomic E-state index is 14.2. The summed E-state index contributed by atoms with van der Waals surface area (Å²) >= 11 is 0. The van der Waals surface area contributed by atoms with Crippen molar-refractivity contribution in [1.29, 1.82) is 0 Å². The Morgan fingerprint density at radius 1 is 1.08 bits per heavy atom. The molecule has 4 atom stereocenters. The number of anilines is 2. The van der Waals surface area contributed by atoms with E-state index in [0.29, 0.717) is 24.2 Å². The van der Waals surface area contributed by atoms with Crippen LogP contribution in [0.4, 0.5) is 17.1 Å². The number of imide groups is 1. The molecule has 36 heavy (non-hydrogen) atoms. The smallest absolute Gasteiger partial charge is 0.311 e. The molecular formula is C26H26N4O6. The lowest BCUT2D eigenvalue weighted by molar-refractivity contribution is -0.385. The lowest BCUT2D eigenvalue weighted by atomic mass is 9.75. The van der Waals surface area contributed by atoms with Gasteiger partial charge in [-0.3, -0.25) is 29.4 Å². The van der Waals surface area contributed by atoms with Gasteiger partial charge in [0.25, 0.3) is 0 Å². The molecule has 10 heteroatoms. The van der Waals surface area contributed by atoms with Crippen molar-refractivity contribution in [3.8, 4) is 5.75 Å². The van der Waals surface area contributed by atoms with E-state index in [1.807, 2.05) is 26.0 Å². The number of nitrogens with zero attached hydrogens (tertiary/aromatic N) is 3. The van der Waals surface area contributed by atoms with Gasteiger partial charge in [0.1, 0.15) is 5.54 Å². The first-order valence-electron chi connectivity index (χ1n) is 12.0. The van der Waals surface area contributed by atoms with Gasteiger partial charge >= 0.3 is 5.69 Å². The molecule has 0 saturated carbocycles. The average molecular weight is 491 g/mol. The maximum Gasteiger partial charge on any atom is 0.311 e. The summed E-state index contributed by atoms with van der Waals surface area (Å²) in [4.78, 5) is 56.2. The fourth-order valence-corrected chi connectivity index (χ4v) is 7.11. The minimum Gasteiger partial charge on any atom is -0.490 e. The van der Waals surface area contributed by atoms with E-state index in [-0.39, 0.29) is 35.0 Å². The number of fused-ring (bicyclic) bond motifs is 7. The van der Waals surface area contributed by atoms with Gasteiger partial charge in [0.2, 0.25) is 17.7 Å². The summed E-state index contributed by atoms with van der Waals surface area (Å²) in [5.41, 5.74) is 2.51. The Kier molecular flexibility index (Phi) is 4.63. The van der Waals surface area contributed by atoms with E-state index < -0.39 is 28.2 Å². The zero-order valence-electron chi connectivity index (χ0n) is 20.5. The van der Waals surface area contributed by atoms with Crippen LogP contribution in [0, 0.1) is 42.7 Å². The first-order valence-corrected chi connectivity index (χ1v) is 12.0. The Morgan fingerprint density at radius 3 is 2.53 bits per heavy atom. The standard InChI is InChI=1S/C26H26N4O6/c1-12-8-14(3)22-15(9-12)26(25(33)27-22)21-20(16-6-5-7-28(16)26)23(31)29(24(21)32)17-11-19(36-4)18(30(34)35)10-13(17)2/h8-11,16,20-21H,5-7H2,1-4H3,(H,27,33)/t16-,20-,21-,26+/m1/s1. The van der Waals surface area contributed by atoms with E-state index in [1.54, 1.807) is 6.92 Å². The summed E-state index contributed by atoms with van der Waals surface area (Å²) in [6.45, 7) is 6.14. The van der Waals surface area contributed by atoms with Crippen molar-refractivity contribution >= 4 is 34.8 Å². The number of nitro groups is 1.